The highest BCUT2D eigenvalue weighted by molar-refractivity contribution is 7.09. The first-order valence-corrected chi connectivity index (χ1v) is 11.9. The van der Waals surface area contributed by atoms with Crippen molar-refractivity contribution in [3.63, 3.8) is 0 Å². The van der Waals surface area contributed by atoms with Gasteiger partial charge in [0.1, 0.15) is 23.2 Å². The van der Waals surface area contributed by atoms with Gasteiger partial charge in [-0.2, -0.15) is 0 Å². The molecule has 176 valence electrons. The topological polar surface area (TPSA) is 77.5 Å². The maximum absolute atomic E-state index is 13.0. The van der Waals surface area contributed by atoms with Crippen LogP contribution in [-0.2, 0) is 27.4 Å². The van der Waals surface area contributed by atoms with Gasteiger partial charge in [-0.05, 0) is 46.5 Å². The molecule has 1 aliphatic carbocycles. The van der Waals surface area contributed by atoms with Gasteiger partial charge in [-0.15, -0.1) is 11.3 Å². The predicted octanol–water partition coefficient (Wildman–Crippen LogP) is 4.83. The standard InChI is InChI=1S/C27H21FN2O4S/c28-17-9-11-19(12-10-17)33-15-25-29-18(16-35-25)13-26(32)34-14-24(31)30-27-22-7-3-1-5-20(22)21-6-2-4-8-23(21)27/h1-12,16,27H,13-15H2,(H,30,31). The molecule has 1 heterocycles. The van der Waals surface area contributed by atoms with E-state index >= 15 is 0 Å². The number of benzene rings is 3. The second-order valence-electron chi connectivity index (χ2n) is 7.99. The van der Waals surface area contributed by atoms with E-state index in [9.17, 15) is 14.0 Å². The number of hydrogen-bond acceptors (Lipinski definition) is 6. The van der Waals surface area contributed by atoms with Gasteiger partial charge in [0.15, 0.2) is 6.61 Å². The van der Waals surface area contributed by atoms with Crippen molar-refractivity contribution in [1.29, 1.82) is 0 Å². The molecule has 0 radical (unpaired) electrons. The van der Waals surface area contributed by atoms with E-state index in [4.69, 9.17) is 9.47 Å². The molecule has 0 fully saturated rings. The molecule has 6 nitrogen and oxygen atoms in total. The van der Waals surface area contributed by atoms with E-state index in [1.807, 2.05) is 48.5 Å². The van der Waals surface area contributed by atoms with Crippen molar-refractivity contribution >= 4 is 23.2 Å². The van der Waals surface area contributed by atoms with Gasteiger partial charge in [0.05, 0.1) is 18.2 Å². The Morgan fingerprint density at radius 1 is 0.943 bits per heavy atom. The molecule has 8 heteroatoms. The van der Waals surface area contributed by atoms with Crippen LogP contribution in [-0.4, -0.2) is 23.5 Å². The lowest BCUT2D eigenvalue weighted by Crippen LogP contribution is -2.32. The third-order valence-electron chi connectivity index (χ3n) is 5.60. The van der Waals surface area contributed by atoms with Gasteiger partial charge in [-0.3, -0.25) is 9.59 Å². The summed E-state index contributed by atoms with van der Waals surface area (Å²) in [6, 6.07) is 21.3. The Hall–Kier alpha value is -4.04. The van der Waals surface area contributed by atoms with Crippen LogP contribution in [0, 0.1) is 5.82 Å². The summed E-state index contributed by atoms with van der Waals surface area (Å²) in [5, 5.41) is 5.40. The number of hydrogen-bond donors (Lipinski definition) is 1. The molecular formula is C27H21FN2O4S. The van der Waals surface area contributed by atoms with Crippen LogP contribution in [0.2, 0.25) is 0 Å². The molecule has 1 aliphatic rings. The number of halogens is 1. The van der Waals surface area contributed by atoms with Crippen molar-refractivity contribution in [1.82, 2.24) is 10.3 Å². The van der Waals surface area contributed by atoms with Gasteiger partial charge in [0.2, 0.25) is 0 Å². The normalized spacial score (nSPS) is 12.0. The molecule has 35 heavy (non-hydrogen) atoms. The van der Waals surface area contributed by atoms with Gasteiger partial charge in [-0.25, -0.2) is 9.37 Å². The zero-order valence-electron chi connectivity index (χ0n) is 18.6. The maximum atomic E-state index is 13.0. The molecule has 1 N–H and O–H groups in total. The molecule has 4 aromatic rings. The Morgan fingerprint density at radius 3 is 2.29 bits per heavy atom. The number of thiazole rings is 1. The lowest BCUT2D eigenvalue weighted by atomic mass is 10.1. The smallest absolute Gasteiger partial charge is 0.312 e. The number of fused-ring (bicyclic) bond motifs is 3. The van der Waals surface area contributed by atoms with Crippen LogP contribution >= 0.6 is 11.3 Å². The summed E-state index contributed by atoms with van der Waals surface area (Å²) in [4.78, 5) is 29.2. The van der Waals surface area contributed by atoms with Crippen molar-refractivity contribution in [2.45, 2.75) is 19.1 Å². The van der Waals surface area contributed by atoms with Crippen LogP contribution < -0.4 is 10.1 Å². The van der Waals surface area contributed by atoms with E-state index in [-0.39, 0.29) is 37.4 Å². The summed E-state index contributed by atoms with van der Waals surface area (Å²) in [6.45, 7) is -0.164. The lowest BCUT2D eigenvalue weighted by Gasteiger charge is -2.16. The Balaban J connectivity index is 1.12. The van der Waals surface area contributed by atoms with Crippen molar-refractivity contribution < 1.29 is 23.5 Å². The maximum Gasteiger partial charge on any atom is 0.312 e. The van der Waals surface area contributed by atoms with Gasteiger partial charge >= 0.3 is 5.97 Å². The number of esters is 1. The molecule has 0 bridgehead atoms. The molecular weight excluding hydrogens is 467 g/mol. The first-order chi connectivity index (χ1) is 17.1. The summed E-state index contributed by atoms with van der Waals surface area (Å²) in [6.07, 6.45) is -0.0462. The molecule has 1 aromatic heterocycles. The SMILES string of the molecule is O=C(COC(=O)Cc1csc(COc2ccc(F)cc2)n1)NC1c2ccccc2-c2ccccc21. The first-order valence-electron chi connectivity index (χ1n) is 11.0. The highest BCUT2D eigenvalue weighted by atomic mass is 32.1. The summed E-state index contributed by atoms with van der Waals surface area (Å²) >= 11 is 1.35. The molecule has 0 spiro atoms. The number of amides is 1. The number of rotatable bonds is 8. The highest BCUT2D eigenvalue weighted by Crippen LogP contribution is 2.42. The van der Waals surface area contributed by atoms with Crippen molar-refractivity contribution in [2.24, 2.45) is 0 Å². The second kappa shape index (κ2) is 10.1. The quantitative estimate of drug-likeness (QED) is 0.360. The van der Waals surface area contributed by atoms with Gasteiger partial charge in [0, 0.05) is 5.38 Å². The van der Waals surface area contributed by atoms with Gasteiger partial charge < -0.3 is 14.8 Å². The summed E-state index contributed by atoms with van der Waals surface area (Å²) in [5.74, 6) is -0.717. The van der Waals surface area contributed by atoms with Crippen molar-refractivity contribution in [2.75, 3.05) is 6.61 Å². The van der Waals surface area contributed by atoms with E-state index in [1.165, 1.54) is 35.6 Å². The molecule has 5 rings (SSSR count). The second-order valence-corrected chi connectivity index (χ2v) is 8.93. The van der Waals surface area contributed by atoms with Crippen LogP contribution in [0.15, 0.2) is 78.2 Å². The van der Waals surface area contributed by atoms with Crippen LogP contribution in [0.4, 0.5) is 4.39 Å². The fraction of sp³-hybridized carbons (Fsp3) is 0.148. The molecule has 0 aliphatic heterocycles. The molecule has 1 amide bonds. The average molecular weight is 489 g/mol. The molecule has 0 unspecified atom stereocenters. The van der Waals surface area contributed by atoms with Crippen LogP contribution in [0.3, 0.4) is 0 Å². The van der Waals surface area contributed by atoms with Crippen molar-refractivity contribution in [3.05, 3.63) is 106 Å². The number of aromatic nitrogens is 1. The molecule has 0 atom stereocenters. The minimum Gasteiger partial charge on any atom is -0.486 e. The minimum absolute atomic E-state index is 0.0462. The Labute approximate surface area is 205 Å². The summed E-state index contributed by atoms with van der Waals surface area (Å²) in [7, 11) is 0. The largest absolute Gasteiger partial charge is 0.486 e. The fourth-order valence-electron chi connectivity index (χ4n) is 4.03. The summed E-state index contributed by atoms with van der Waals surface area (Å²) < 4.78 is 23.7. The Bertz CT molecular complexity index is 1320. The molecule has 3 aromatic carbocycles. The number of nitrogens with zero attached hydrogens (tertiary/aromatic N) is 1. The fourth-order valence-corrected chi connectivity index (χ4v) is 4.74. The van der Waals surface area contributed by atoms with E-state index in [0.717, 1.165) is 22.3 Å². The average Bonchev–Trinajstić information content (AvgIpc) is 3.45. The minimum atomic E-state index is -0.538. The third-order valence-corrected chi connectivity index (χ3v) is 6.48. The van der Waals surface area contributed by atoms with Crippen LogP contribution in [0.5, 0.6) is 5.75 Å². The monoisotopic (exact) mass is 488 g/mol. The van der Waals surface area contributed by atoms with E-state index in [2.05, 4.69) is 10.3 Å². The number of carbonyl (C=O) groups is 2. The van der Waals surface area contributed by atoms with Crippen LogP contribution in [0.1, 0.15) is 27.9 Å². The van der Waals surface area contributed by atoms with E-state index in [0.29, 0.717) is 16.5 Å². The van der Waals surface area contributed by atoms with Gasteiger partial charge in [0.25, 0.3) is 5.91 Å². The number of nitrogens with one attached hydrogen (secondary N) is 1. The molecule has 0 saturated heterocycles. The number of carbonyl (C=O) groups excluding carboxylic acids is 2. The Kier molecular flexibility index (Phi) is 6.54. The predicted molar refractivity (Wildman–Crippen MR) is 129 cm³/mol. The van der Waals surface area contributed by atoms with Crippen molar-refractivity contribution in [3.8, 4) is 16.9 Å². The zero-order chi connectivity index (χ0) is 24.2. The number of ether oxygens (including phenoxy) is 2. The first kappa shape index (κ1) is 22.7. The highest BCUT2D eigenvalue weighted by Gasteiger charge is 2.29. The van der Waals surface area contributed by atoms with E-state index in [1.54, 1.807) is 5.38 Å². The lowest BCUT2D eigenvalue weighted by molar-refractivity contribution is -0.148. The van der Waals surface area contributed by atoms with E-state index < -0.39 is 5.97 Å². The van der Waals surface area contributed by atoms with Gasteiger partial charge in [-0.1, -0.05) is 48.5 Å². The third kappa shape index (κ3) is 5.22. The zero-order valence-corrected chi connectivity index (χ0v) is 19.4. The Morgan fingerprint density at radius 2 is 1.60 bits per heavy atom. The molecule has 0 saturated carbocycles. The van der Waals surface area contributed by atoms with Crippen LogP contribution in [0.25, 0.3) is 11.1 Å². The summed E-state index contributed by atoms with van der Waals surface area (Å²) in [5.41, 5.74) is 4.76.